The van der Waals surface area contributed by atoms with E-state index in [0.29, 0.717) is 32.0 Å². The van der Waals surface area contributed by atoms with Crippen LogP contribution < -0.4 is 4.74 Å². The highest BCUT2D eigenvalue weighted by Crippen LogP contribution is 2.16. The summed E-state index contributed by atoms with van der Waals surface area (Å²) in [6, 6.07) is 5.85. The Balaban J connectivity index is 1.84. The minimum atomic E-state index is -0.0172. The lowest BCUT2D eigenvalue weighted by Crippen LogP contribution is -2.39. The Morgan fingerprint density at radius 1 is 1.00 bits per heavy atom. The molecular weight excluding hydrogens is 316 g/mol. The number of ether oxygens (including phenoxy) is 1. The van der Waals surface area contributed by atoms with Crippen molar-refractivity contribution in [2.24, 2.45) is 5.92 Å². The number of aryl methyl sites for hydroxylation is 2. The molecule has 2 rings (SSSR count). The molecule has 1 aliphatic heterocycles. The van der Waals surface area contributed by atoms with Crippen LogP contribution in [0.15, 0.2) is 18.2 Å². The van der Waals surface area contributed by atoms with Crippen molar-refractivity contribution < 1.29 is 14.3 Å². The van der Waals surface area contributed by atoms with E-state index in [4.69, 9.17) is 4.74 Å². The highest BCUT2D eigenvalue weighted by atomic mass is 16.5. The molecule has 0 aromatic heterocycles. The standard InChI is InChI=1S/C20H30N2O3/c1-15(2)12-19(23)21-8-5-9-22(11-10-21)20(24)14-25-18-7-6-16(3)17(4)13-18/h6-7,13,15H,5,8-12,14H2,1-4H3. The summed E-state index contributed by atoms with van der Waals surface area (Å²) in [5.74, 6) is 1.26. The molecular formula is C20H30N2O3. The van der Waals surface area contributed by atoms with Crippen molar-refractivity contribution in [1.82, 2.24) is 9.80 Å². The molecule has 0 bridgehead atoms. The van der Waals surface area contributed by atoms with Gasteiger partial charge in [-0.25, -0.2) is 0 Å². The van der Waals surface area contributed by atoms with Gasteiger partial charge in [0.1, 0.15) is 5.75 Å². The zero-order chi connectivity index (χ0) is 18.4. The molecule has 0 N–H and O–H groups in total. The first-order valence-electron chi connectivity index (χ1n) is 9.12. The predicted octanol–water partition coefficient (Wildman–Crippen LogP) is 2.79. The summed E-state index contributed by atoms with van der Waals surface area (Å²) in [4.78, 5) is 28.3. The quantitative estimate of drug-likeness (QED) is 0.824. The topological polar surface area (TPSA) is 49.9 Å². The summed E-state index contributed by atoms with van der Waals surface area (Å²) >= 11 is 0. The fourth-order valence-corrected chi connectivity index (χ4v) is 2.93. The molecule has 1 aromatic rings. The van der Waals surface area contributed by atoms with Crippen LogP contribution in [0.3, 0.4) is 0 Å². The van der Waals surface area contributed by atoms with Gasteiger partial charge in [0.2, 0.25) is 5.91 Å². The highest BCUT2D eigenvalue weighted by Gasteiger charge is 2.22. The SMILES string of the molecule is Cc1ccc(OCC(=O)N2CCCN(C(=O)CC(C)C)CC2)cc1C. The summed E-state index contributed by atoms with van der Waals surface area (Å²) in [6.07, 6.45) is 1.39. The van der Waals surface area contributed by atoms with Crippen LogP contribution in [0.5, 0.6) is 5.75 Å². The average Bonchev–Trinajstić information content (AvgIpc) is 2.81. The van der Waals surface area contributed by atoms with Crippen LogP contribution in [-0.2, 0) is 9.59 Å². The van der Waals surface area contributed by atoms with Gasteiger partial charge in [0, 0.05) is 32.6 Å². The minimum absolute atomic E-state index is 0.0172. The van der Waals surface area contributed by atoms with Gasteiger partial charge in [0.05, 0.1) is 0 Å². The van der Waals surface area contributed by atoms with E-state index in [1.54, 1.807) is 0 Å². The van der Waals surface area contributed by atoms with Gasteiger partial charge < -0.3 is 14.5 Å². The molecule has 138 valence electrons. The second-order valence-corrected chi connectivity index (χ2v) is 7.25. The Labute approximate surface area is 150 Å². The molecule has 5 heteroatoms. The number of benzene rings is 1. The Morgan fingerprint density at radius 2 is 1.64 bits per heavy atom. The van der Waals surface area contributed by atoms with Gasteiger partial charge in [-0.05, 0) is 49.4 Å². The van der Waals surface area contributed by atoms with Crippen molar-refractivity contribution in [3.8, 4) is 5.75 Å². The number of carbonyl (C=O) groups excluding carboxylic acids is 2. The van der Waals surface area contributed by atoms with Crippen molar-refractivity contribution in [3.63, 3.8) is 0 Å². The summed E-state index contributed by atoms with van der Waals surface area (Å²) in [6.45, 7) is 10.8. The Morgan fingerprint density at radius 3 is 2.24 bits per heavy atom. The van der Waals surface area contributed by atoms with E-state index in [1.807, 2.05) is 41.8 Å². The zero-order valence-electron chi connectivity index (χ0n) is 15.9. The molecule has 0 spiro atoms. The van der Waals surface area contributed by atoms with Gasteiger partial charge in [-0.2, -0.15) is 0 Å². The maximum absolute atomic E-state index is 12.4. The first-order chi connectivity index (χ1) is 11.9. The lowest BCUT2D eigenvalue weighted by molar-refractivity contribution is -0.135. The number of amides is 2. The fraction of sp³-hybridized carbons (Fsp3) is 0.600. The van der Waals surface area contributed by atoms with Crippen LogP contribution in [0.4, 0.5) is 0 Å². The molecule has 0 saturated carbocycles. The number of hydrogen-bond donors (Lipinski definition) is 0. The highest BCUT2D eigenvalue weighted by molar-refractivity contribution is 5.78. The number of rotatable bonds is 5. The molecule has 5 nitrogen and oxygen atoms in total. The molecule has 1 aliphatic rings. The van der Waals surface area contributed by atoms with E-state index in [2.05, 4.69) is 13.8 Å². The molecule has 1 aromatic carbocycles. The fourth-order valence-electron chi connectivity index (χ4n) is 2.93. The molecule has 1 saturated heterocycles. The third-order valence-corrected chi connectivity index (χ3v) is 4.62. The molecule has 1 heterocycles. The van der Waals surface area contributed by atoms with Crippen LogP contribution >= 0.6 is 0 Å². The summed E-state index contributed by atoms with van der Waals surface area (Å²) in [5.41, 5.74) is 2.36. The predicted molar refractivity (Wildman–Crippen MR) is 98.6 cm³/mol. The van der Waals surface area contributed by atoms with E-state index in [0.717, 1.165) is 24.3 Å². The van der Waals surface area contributed by atoms with Gasteiger partial charge in [0.25, 0.3) is 5.91 Å². The maximum atomic E-state index is 12.4. The molecule has 2 amide bonds. The molecule has 0 aliphatic carbocycles. The Hall–Kier alpha value is -2.04. The summed E-state index contributed by atoms with van der Waals surface area (Å²) in [7, 11) is 0. The molecule has 0 radical (unpaired) electrons. The lowest BCUT2D eigenvalue weighted by Gasteiger charge is -2.23. The van der Waals surface area contributed by atoms with Crippen LogP contribution in [0, 0.1) is 19.8 Å². The van der Waals surface area contributed by atoms with Gasteiger partial charge in [-0.15, -0.1) is 0 Å². The average molecular weight is 346 g/mol. The Bertz CT molecular complexity index is 613. The first-order valence-corrected chi connectivity index (χ1v) is 9.12. The van der Waals surface area contributed by atoms with Crippen molar-refractivity contribution in [2.75, 3.05) is 32.8 Å². The van der Waals surface area contributed by atoms with Crippen molar-refractivity contribution in [1.29, 1.82) is 0 Å². The maximum Gasteiger partial charge on any atom is 0.260 e. The zero-order valence-corrected chi connectivity index (χ0v) is 15.9. The second kappa shape index (κ2) is 8.88. The smallest absolute Gasteiger partial charge is 0.260 e. The Kier molecular flexibility index (Phi) is 6.85. The van der Waals surface area contributed by atoms with E-state index in [-0.39, 0.29) is 18.4 Å². The van der Waals surface area contributed by atoms with Crippen LogP contribution in [0.25, 0.3) is 0 Å². The normalized spacial score (nSPS) is 15.2. The van der Waals surface area contributed by atoms with Crippen LogP contribution in [0.2, 0.25) is 0 Å². The van der Waals surface area contributed by atoms with E-state index in [9.17, 15) is 9.59 Å². The summed E-state index contributed by atoms with van der Waals surface area (Å²) in [5, 5.41) is 0. The van der Waals surface area contributed by atoms with Crippen LogP contribution in [-0.4, -0.2) is 54.4 Å². The van der Waals surface area contributed by atoms with Crippen LogP contribution in [0.1, 0.15) is 37.8 Å². The van der Waals surface area contributed by atoms with Crippen molar-refractivity contribution in [3.05, 3.63) is 29.3 Å². The number of hydrogen-bond acceptors (Lipinski definition) is 3. The minimum Gasteiger partial charge on any atom is -0.484 e. The monoisotopic (exact) mass is 346 g/mol. The van der Waals surface area contributed by atoms with Crippen molar-refractivity contribution >= 4 is 11.8 Å². The van der Waals surface area contributed by atoms with Gasteiger partial charge in [0.15, 0.2) is 6.61 Å². The first kappa shape index (κ1) is 19.3. The molecule has 0 unspecified atom stereocenters. The molecule has 0 atom stereocenters. The summed E-state index contributed by atoms with van der Waals surface area (Å²) < 4.78 is 5.65. The van der Waals surface area contributed by atoms with E-state index >= 15 is 0 Å². The molecule has 1 fully saturated rings. The second-order valence-electron chi connectivity index (χ2n) is 7.25. The lowest BCUT2D eigenvalue weighted by atomic mass is 10.1. The van der Waals surface area contributed by atoms with Gasteiger partial charge in [-0.1, -0.05) is 19.9 Å². The third-order valence-electron chi connectivity index (χ3n) is 4.62. The number of nitrogens with zero attached hydrogens (tertiary/aromatic N) is 2. The largest absolute Gasteiger partial charge is 0.484 e. The van der Waals surface area contributed by atoms with E-state index < -0.39 is 0 Å². The van der Waals surface area contributed by atoms with E-state index in [1.165, 1.54) is 5.56 Å². The van der Waals surface area contributed by atoms with Gasteiger partial charge in [-0.3, -0.25) is 9.59 Å². The third kappa shape index (κ3) is 5.76. The molecule has 25 heavy (non-hydrogen) atoms. The van der Waals surface area contributed by atoms with Crippen molar-refractivity contribution in [2.45, 2.75) is 40.5 Å². The number of carbonyl (C=O) groups is 2. The van der Waals surface area contributed by atoms with Gasteiger partial charge >= 0.3 is 0 Å².